The van der Waals surface area contributed by atoms with Crippen LogP contribution in [0.1, 0.15) is 0 Å². The topological polar surface area (TPSA) is 13.1 Å². The smallest absolute Gasteiger partial charge is 0.143 e. The summed E-state index contributed by atoms with van der Waals surface area (Å²) < 4.78 is 10.9. The predicted molar refractivity (Wildman–Crippen MR) is 231 cm³/mol. The minimum Gasteiger partial charge on any atom is -0.455 e. The normalized spacial score (nSPS) is 12.2. The highest BCUT2D eigenvalue weighted by Gasteiger charge is 2.27. The van der Waals surface area contributed by atoms with Gasteiger partial charge in [0.2, 0.25) is 0 Å². The highest BCUT2D eigenvalue weighted by molar-refractivity contribution is 7.28. The first-order valence-electron chi connectivity index (χ1n) is 18.0. The van der Waals surface area contributed by atoms with Crippen molar-refractivity contribution in [3.05, 3.63) is 170 Å². The van der Waals surface area contributed by atoms with E-state index in [-0.39, 0.29) is 0 Å². The zero-order chi connectivity index (χ0) is 34.6. The number of para-hydroxylation sites is 1. The predicted octanol–water partition coefficient (Wildman–Crippen LogP) is 15.6. The second-order valence-corrected chi connectivity index (χ2v) is 16.0. The van der Waals surface area contributed by atoms with Crippen LogP contribution < -0.4 is 0 Å². The lowest BCUT2D eigenvalue weighted by atomic mass is 9.83. The summed E-state index contributed by atoms with van der Waals surface area (Å²) in [6.45, 7) is 0. The van der Waals surface area contributed by atoms with Gasteiger partial charge in [-0.1, -0.05) is 146 Å². The molecule has 0 aliphatic heterocycles. The van der Waals surface area contributed by atoms with Gasteiger partial charge in [-0.05, 0) is 67.7 Å². The van der Waals surface area contributed by atoms with Crippen molar-refractivity contribution in [2.45, 2.75) is 0 Å². The molecule has 0 aliphatic carbocycles. The molecule has 0 saturated carbocycles. The lowest BCUT2D eigenvalue weighted by Gasteiger charge is -2.20. The third kappa shape index (κ3) is 4.12. The maximum Gasteiger partial charge on any atom is 0.143 e. The first-order valence-corrected chi connectivity index (χ1v) is 19.6. The number of thiophene rings is 2. The lowest BCUT2D eigenvalue weighted by molar-refractivity contribution is 0.670. The van der Waals surface area contributed by atoms with E-state index in [4.69, 9.17) is 4.42 Å². The van der Waals surface area contributed by atoms with E-state index < -0.39 is 0 Å². The van der Waals surface area contributed by atoms with Crippen LogP contribution in [0.5, 0.6) is 0 Å². The molecule has 0 aliphatic rings. The maximum atomic E-state index is 6.86. The molecule has 0 N–H and O–H groups in total. The van der Waals surface area contributed by atoms with E-state index >= 15 is 0 Å². The largest absolute Gasteiger partial charge is 0.455 e. The standard InChI is InChI=1S/C50H28OS2/c1-2-14-29(15-3-1)49-47(46-42(53-49)27-26-38-33-19-11-13-25-41(33)52-50(38)46)44-36-22-8-6-20-34(36)43(35-21-7-9-23-37(35)44)45-31-17-5-4-16-30(31)28-39-32-18-10-12-24-40(32)51-48(39)45/h1-28H. The zero-order valence-corrected chi connectivity index (χ0v) is 30.0. The average molecular weight is 709 g/mol. The molecule has 0 fully saturated rings. The zero-order valence-electron chi connectivity index (χ0n) is 28.4. The van der Waals surface area contributed by atoms with Gasteiger partial charge in [-0.25, -0.2) is 0 Å². The van der Waals surface area contributed by atoms with Gasteiger partial charge < -0.3 is 4.42 Å². The van der Waals surface area contributed by atoms with Crippen LogP contribution in [0.3, 0.4) is 0 Å². The lowest BCUT2D eigenvalue weighted by Crippen LogP contribution is -1.93. The number of rotatable bonds is 3. The molecule has 0 saturated heterocycles. The van der Waals surface area contributed by atoms with Crippen molar-refractivity contribution in [3.8, 4) is 32.7 Å². The molecule has 53 heavy (non-hydrogen) atoms. The van der Waals surface area contributed by atoms with Gasteiger partial charge in [0.1, 0.15) is 11.2 Å². The molecule has 1 nitrogen and oxygen atoms in total. The summed E-state index contributed by atoms with van der Waals surface area (Å²) in [5.41, 5.74) is 8.07. The summed E-state index contributed by atoms with van der Waals surface area (Å²) >= 11 is 3.83. The van der Waals surface area contributed by atoms with Crippen LogP contribution in [-0.4, -0.2) is 0 Å². The van der Waals surface area contributed by atoms with E-state index in [1.54, 1.807) is 0 Å². The maximum absolute atomic E-state index is 6.86. The SMILES string of the molecule is c1ccc(-c2sc3ccc4c5ccccc5sc4c3c2-c2c3ccccc3c(-c3c4ccccc4cc4c3oc3ccccc34)c3ccccc23)cc1. The van der Waals surface area contributed by atoms with Gasteiger partial charge in [-0.2, -0.15) is 0 Å². The Balaban J connectivity index is 1.30. The molecule has 12 rings (SSSR count). The Morgan fingerprint density at radius 1 is 0.358 bits per heavy atom. The van der Waals surface area contributed by atoms with Gasteiger partial charge in [0.15, 0.2) is 0 Å². The highest BCUT2D eigenvalue weighted by Crippen LogP contribution is 2.55. The van der Waals surface area contributed by atoms with E-state index in [1.807, 2.05) is 22.7 Å². The number of fused-ring (bicyclic) bond motifs is 11. The summed E-state index contributed by atoms with van der Waals surface area (Å²) in [7, 11) is 0. The molecular formula is C50H28OS2. The Hall–Kier alpha value is -6.26. The molecule has 0 spiro atoms. The molecule has 246 valence electrons. The first kappa shape index (κ1) is 29.3. The second-order valence-electron chi connectivity index (χ2n) is 13.9. The van der Waals surface area contributed by atoms with Gasteiger partial charge in [0.05, 0.1) is 0 Å². The van der Waals surface area contributed by atoms with Gasteiger partial charge in [0, 0.05) is 62.6 Å². The molecule has 0 unspecified atom stereocenters. The van der Waals surface area contributed by atoms with Crippen molar-refractivity contribution >= 4 is 107 Å². The van der Waals surface area contributed by atoms with Gasteiger partial charge in [0.25, 0.3) is 0 Å². The van der Waals surface area contributed by atoms with Crippen LogP contribution >= 0.6 is 22.7 Å². The molecule has 0 bridgehead atoms. The van der Waals surface area contributed by atoms with Crippen molar-refractivity contribution in [2.75, 3.05) is 0 Å². The summed E-state index contributed by atoms with van der Waals surface area (Å²) in [5.74, 6) is 0. The first-order chi connectivity index (χ1) is 26.3. The summed E-state index contributed by atoms with van der Waals surface area (Å²) in [5, 5.41) is 13.6. The average Bonchev–Trinajstić information content (AvgIpc) is 3.91. The monoisotopic (exact) mass is 708 g/mol. The molecule has 3 heterocycles. The Morgan fingerprint density at radius 3 is 1.68 bits per heavy atom. The van der Waals surface area contributed by atoms with Gasteiger partial charge in [-0.3, -0.25) is 0 Å². The van der Waals surface area contributed by atoms with Crippen LogP contribution in [0, 0.1) is 0 Å². The number of hydrogen-bond acceptors (Lipinski definition) is 3. The van der Waals surface area contributed by atoms with Crippen molar-refractivity contribution in [1.29, 1.82) is 0 Å². The molecular weight excluding hydrogens is 681 g/mol. The van der Waals surface area contributed by atoms with E-state index in [1.165, 1.54) is 89.7 Å². The number of benzene rings is 9. The number of furan rings is 1. The van der Waals surface area contributed by atoms with E-state index in [9.17, 15) is 0 Å². The van der Waals surface area contributed by atoms with Crippen LogP contribution in [0.15, 0.2) is 174 Å². The Kier molecular flexibility index (Phi) is 6.15. The minimum atomic E-state index is 0.911. The third-order valence-corrected chi connectivity index (χ3v) is 13.5. The highest BCUT2D eigenvalue weighted by atomic mass is 32.1. The van der Waals surface area contributed by atoms with E-state index in [2.05, 4.69) is 170 Å². The Bertz CT molecular complexity index is 3390. The molecule has 0 radical (unpaired) electrons. The molecule has 12 aromatic rings. The van der Waals surface area contributed by atoms with Crippen LogP contribution in [-0.2, 0) is 0 Å². The fourth-order valence-corrected chi connectivity index (χ4v) is 11.4. The van der Waals surface area contributed by atoms with Crippen molar-refractivity contribution < 1.29 is 4.42 Å². The van der Waals surface area contributed by atoms with Crippen molar-refractivity contribution in [2.24, 2.45) is 0 Å². The summed E-state index contributed by atoms with van der Waals surface area (Å²) in [6, 6.07) is 62.2. The Morgan fingerprint density at radius 2 is 0.943 bits per heavy atom. The molecule has 0 atom stereocenters. The molecule has 3 aromatic heterocycles. The summed E-state index contributed by atoms with van der Waals surface area (Å²) in [4.78, 5) is 1.30. The van der Waals surface area contributed by atoms with Crippen LogP contribution in [0.2, 0.25) is 0 Å². The quantitative estimate of drug-likeness (QED) is 0.167. The molecule has 0 amide bonds. The van der Waals surface area contributed by atoms with Crippen LogP contribution in [0.25, 0.3) is 117 Å². The van der Waals surface area contributed by atoms with Crippen LogP contribution in [0.4, 0.5) is 0 Å². The van der Waals surface area contributed by atoms with Crippen molar-refractivity contribution in [3.63, 3.8) is 0 Å². The van der Waals surface area contributed by atoms with Gasteiger partial charge in [-0.15, -0.1) is 22.7 Å². The number of hydrogen-bond donors (Lipinski definition) is 0. The van der Waals surface area contributed by atoms with E-state index in [0.29, 0.717) is 0 Å². The minimum absolute atomic E-state index is 0.911. The Labute approximate surface area is 312 Å². The summed E-state index contributed by atoms with van der Waals surface area (Å²) in [6.07, 6.45) is 0. The fourth-order valence-electron chi connectivity index (χ4n) is 8.84. The van der Waals surface area contributed by atoms with Gasteiger partial charge >= 0.3 is 0 Å². The fraction of sp³-hybridized carbons (Fsp3) is 0. The van der Waals surface area contributed by atoms with Crippen molar-refractivity contribution in [1.82, 2.24) is 0 Å². The molecule has 9 aromatic carbocycles. The third-order valence-electron chi connectivity index (χ3n) is 11.1. The molecule has 3 heteroatoms. The second kappa shape index (κ2) is 11.1. The van der Waals surface area contributed by atoms with E-state index in [0.717, 1.165) is 27.5 Å².